The van der Waals surface area contributed by atoms with E-state index in [2.05, 4.69) is 9.64 Å². The van der Waals surface area contributed by atoms with Crippen LogP contribution in [-0.4, -0.2) is 32.5 Å². The monoisotopic (exact) mass is 235 g/mol. The average molecular weight is 235 g/mol. The number of anilines is 1. The van der Waals surface area contributed by atoms with Crippen LogP contribution < -0.4 is 4.90 Å². The van der Waals surface area contributed by atoms with Crippen molar-refractivity contribution in [2.75, 3.05) is 25.1 Å². The quantitative estimate of drug-likeness (QED) is 0.558. The zero-order chi connectivity index (χ0) is 12.7. The van der Waals surface area contributed by atoms with Gasteiger partial charge >= 0.3 is 5.97 Å². The fourth-order valence-electron chi connectivity index (χ4n) is 1.56. The van der Waals surface area contributed by atoms with Crippen molar-refractivity contribution in [1.29, 1.82) is 0 Å². The lowest BCUT2D eigenvalue weighted by Gasteiger charge is -2.22. The molecule has 0 atom stereocenters. The van der Waals surface area contributed by atoms with Gasteiger partial charge in [0.15, 0.2) is 0 Å². The molecule has 4 heteroatoms. The molecule has 0 bridgehead atoms. The summed E-state index contributed by atoms with van der Waals surface area (Å²) < 4.78 is 4.61. The van der Waals surface area contributed by atoms with Crippen molar-refractivity contribution in [3.63, 3.8) is 0 Å². The predicted molar refractivity (Wildman–Crippen MR) is 66.3 cm³/mol. The Kier molecular flexibility index (Phi) is 5.20. The van der Waals surface area contributed by atoms with Gasteiger partial charge in [-0.15, -0.1) is 0 Å². The molecule has 0 aliphatic carbocycles. The van der Waals surface area contributed by atoms with Crippen LogP contribution >= 0.6 is 0 Å². The Labute approximate surface area is 101 Å². The number of ether oxygens (including phenoxy) is 1. The lowest BCUT2D eigenvalue weighted by Crippen LogP contribution is -2.26. The number of aldehydes is 1. The molecule has 0 spiro atoms. The lowest BCUT2D eigenvalue weighted by molar-refractivity contribution is -0.140. The highest BCUT2D eigenvalue weighted by Crippen LogP contribution is 2.14. The van der Waals surface area contributed by atoms with E-state index in [9.17, 15) is 9.59 Å². The Bertz CT molecular complexity index is 373. The van der Waals surface area contributed by atoms with Crippen molar-refractivity contribution in [2.24, 2.45) is 0 Å². The maximum absolute atomic E-state index is 11.1. The van der Waals surface area contributed by atoms with Crippen LogP contribution in [0, 0.1) is 0 Å². The second-order valence-corrected chi connectivity index (χ2v) is 3.62. The number of hydrogen-bond donors (Lipinski definition) is 0. The third-order valence-corrected chi connectivity index (χ3v) is 2.59. The molecule has 1 aromatic carbocycles. The van der Waals surface area contributed by atoms with E-state index in [0.717, 1.165) is 18.5 Å². The largest absolute Gasteiger partial charge is 0.469 e. The van der Waals surface area contributed by atoms with E-state index in [-0.39, 0.29) is 5.97 Å². The Morgan fingerprint density at radius 3 is 2.47 bits per heavy atom. The summed E-state index contributed by atoms with van der Waals surface area (Å²) in [5.74, 6) is -0.215. The molecule has 1 rings (SSSR count). The van der Waals surface area contributed by atoms with Crippen molar-refractivity contribution in [3.8, 4) is 0 Å². The van der Waals surface area contributed by atoms with Crippen LogP contribution in [0.3, 0.4) is 0 Å². The molecule has 0 N–H and O–H groups in total. The summed E-state index contributed by atoms with van der Waals surface area (Å²) in [6.07, 6.45) is 1.17. The SMILES string of the molecule is CCN(CCC(=O)OC)c1ccc(C=O)cc1. The minimum Gasteiger partial charge on any atom is -0.469 e. The van der Waals surface area contributed by atoms with Crippen molar-refractivity contribution in [1.82, 2.24) is 0 Å². The Balaban J connectivity index is 2.65. The molecule has 0 aliphatic rings. The Hall–Kier alpha value is -1.84. The summed E-state index contributed by atoms with van der Waals surface area (Å²) in [4.78, 5) is 23.7. The van der Waals surface area contributed by atoms with Gasteiger partial charge in [-0.05, 0) is 31.2 Å². The van der Waals surface area contributed by atoms with E-state index >= 15 is 0 Å². The maximum atomic E-state index is 11.1. The first-order chi connectivity index (χ1) is 8.21. The van der Waals surface area contributed by atoms with Crippen molar-refractivity contribution in [2.45, 2.75) is 13.3 Å². The molecule has 92 valence electrons. The third kappa shape index (κ3) is 3.90. The molecule has 17 heavy (non-hydrogen) atoms. The smallest absolute Gasteiger partial charge is 0.307 e. The number of carbonyl (C=O) groups excluding carboxylic acids is 2. The number of methoxy groups -OCH3 is 1. The molecule has 1 aromatic rings. The number of rotatable bonds is 6. The molecule has 0 unspecified atom stereocenters. The van der Waals surface area contributed by atoms with E-state index in [0.29, 0.717) is 18.5 Å². The molecular weight excluding hydrogens is 218 g/mol. The second-order valence-electron chi connectivity index (χ2n) is 3.62. The molecule has 0 amide bonds. The number of esters is 1. The highest BCUT2D eigenvalue weighted by atomic mass is 16.5. The molecular formula is C13H17NO3. The van der Waals surface area contributed by atoms with Crippen LogP contribution in [0.4, 0.5) is 5.69 Å². The molecule has 0 radical (unpaired) electrons. The summed E-state index contributed by atoms with van der Waals surface area (Å²) in [6, 6.07) is 7.29. The van der Waals surface area contributed by atoms with Gasteiger partial charge in [-0.2, -0.15) is 0 Å². The normalized spacial score (nSPS) is 9.76. The van der Waals surface area contributed by atoms with E-state index in [1.165, 1.54) is 7.11 Å². The van der Waals surface area contributed by atoms with Crippen LogP contribution in [0.25, 0.3) is 0 Å². The topological polar surface area (TPSA) is 46.6 Å². The van der Waals surface area contributed by atoms with Gasteiger partial charge in [-0.25, -0.2) is 0 Å². The van der Waals surface area contributed by atoms with Gasteiger partial charge in [0.25, 0.3) is 0 Å². The van der Waals surface area contributed by atoms with Crippen LogP contribution in [0.5, 0.6) is 0 Å². The maximum Gasteiger partial charge on any atom is 0.307 e. The molecule has 0 aliphatic heterocycles. The summed E-state index contributed by atoms with van der Waals surface area (Å²) in [7, 11) is 1.39. The minimum absolute atomic E-state index is 0.215. The van der Waals surface area contributed by atoms with Gasteiger partial charge < -0.3 is 9.64 Å². The fraction of sp³-hybridized carbons (Fsp3) is 0.385. The standard InChI is InChI=1S/C13H17NO3/c1-3-14(9-8-13(16)17-2)12-6-4-11(10-15)5-7-12/h4-7,10H,3,8-9H2,1-2H3. The Morgan fingerprint density at radius 1 is 1.35 bits per heavy atom. The first-order valence-corrected chi connectivity index (χ1v) is 5.58. The summed E-state index contributed by atoms with van der Waals surface area (Å²) >= 11 is 0. The van der Waals surface area contributed by atoms with Crippen molar-refractivity contribution in [3.05, 3.63) is 29.8 Å². The molecule has 0 fully saturated rings. The minimum atomic E-state index is -0.215. The van der Waals surface area contributed by atoms with Gasteiger partial charge in [0, 0.05) is 24.3 Å². The first kappa shape index (κ1) is 13.2. The average Bonchev–Trinajstić information content (AvgIpc) is 2.39. The molecule has 0 saturated heterocycles. The summed E-state index contributed by atoms with van der Waals surface area (Å²) in [5.41, 5.74) is 1.65. The highest BCUT2D eigenvalue weighted by Gasteiger charge is 2.07. The first-order valence-electron chi connectivity index (χ1n) is 5.58. The van der Waals surface area contributed by atoms with Crippen LogP contribution in [0.2, 0.25) is 0 Å². The summed E-state index contributed by atoms with van der Waals surface area (Å²) in [6.45, 7) is 3.44. The summed E-state index contributed by atoms with van der Waals surface area (Å²) in [5, 5.41) is 0. The third-order valence-electron chi connectivity index (χ3n) is 2.59. The van der Waals surface area contributed by atoms with E-state index in [4.69, 9.17) is 0 Å². The number of hydrogen-bond acceptors (Lipinski definition) is 4. The molecule has 4 nitrogen and oxygen atoms in total. The zero-order valence-electron chi connectivity index (χ0n) is 10.2. The fourth-order valence-corrected chi connectivity index (χ4v) is 1.56. The molecule has 0 aromatic heterocycles. The van der Waals surface area contributed by atoms with Crippen molar-refractivity contribution >= 4 is 17.9 Å². The number of carbonyl (C=O) groups is 2. The van der Waals surface area contributed by atoms with Gasteiger partial charge in [0.2, 0.25) is 0 Å². The second kappa shape index (κ2) is 6.68. The van der Waals surface area contributed by atoms with Crippen LogP contribution in [0.15, 0.2) is 24.3 Å². The van der Waals surface area contributed by atoms with E-state index < -0.39 is 0 Å². The van der Waals surface area contributed by atoms with Crippen LogP contribution in [0.1, 0.15) is 23.7 Å². The Morgan fingerprint density at radius 2 is 2.00 bits per heavy atom. The lowest BCUT2D eigenvalue weighted by atomic mass is 10.2. The van der Waals surface area contributed by atoms with E-state index in [1.807, 2.05) is 19.1 Å². The number of nitrogens with zero attached hydrogens (tertiary/aromatic N) is 1. The van der Waals surface area contributed by atoms with Crippen molar-refractivity contribution < 1.29 is 14.3 Å². The van der Waals surface area contributed by atoms with E-state index in [1.54, 1.807) is 12.1 Å². The molecule has 0 saturated carbocycles. The van der Waals surface area contributed by atoms with Gasteiger partial charge in [-0.1, -0.05) is 0 Å². The number of benzene rings is 1. The molecule has 0 heterocycles. The van der Waals surface area contributed by atoms with Crippen LogP contribution in [-0.2, 0) is 9.53 Å². The highest BCUT2D eigenvalue weighted by molar-refractivity contribution is 5.75. The van der Waals surface area contributed by atoms with Gasteiger partial charge in [0.05, 0.1) is 13.5 Å². The van der Waals surface area contributed by atoms with Gasteiger partial charge in [-0.3, -0.25) is 9.59 Å². The zero-order valence-corrected chi connectivity index (χ0v) is 10.2. The predicted octanol–water partition coefficient (Wildman–Crippen LogP) is 1.89. The van der Waals surface area contributed by atoms with Gasteiger partial charge in [0.1, 0.15) is 6.29 Å².